The second kappa shape index (κ2) is 12.7. The molecule has 5 rings (SSSR count). The zero-order chi connectivity index (χ0) is 29.0. The summed E-state index contributed by atoms with van der Waals surface area (Å²) in [6, 6.07) is 17.4. The van der Waals surface area contributed by atoms with Crippen molar-refractivity contribution in [2.75, 3.05) is 7.11 Å². The van der Waals surface area contributed by atoms with E-state index < -0.39 is 0 Å². The summed E-state index contributed by atoms with van der Waals surface area (Å²) in [6.45, 7) is 7.66. The van der Waals surface area contributed by atoms with Crippen LogP contribution in [0.25, 0.3) is 0 Å². The quantitative estimate of drug-likeness (QED) is 0.187. The first kappa shape index (κ1) is 29.1. The maximum Gasteiger partial charge on any atom is 0.255 e. The highest BCUT2D eigenvalue weighted by Crippen LogP contribution is 2.45. The van der Waals surface area contributed by atoms with Crippen molar-refractivity contribution in [1.29, 1.82) is 0 Å². The lowest BCUT2D eigenvalue weighted by Crippen LogP contribution is -2.28. The number of rotatable bonds is 9. The molecular formula is C33H35BrN2O4S. The first-order chi connectivity index (χ1) is 19.7. The van der Waals surface area contributed by atoms with Crippen LogP contribution in [0.2, 0.25) is 0 Å². The fourth-order valence-electron chi connectivity index (χ4n) is 5.06. The van der Waals surface area contributed by atoms with E-state index in [0.29, 0.717) is 36.1 Å². The summed E-state index contributed by atoms with van der Waals surface area (Å²) in [5, 5.41) is 3.77. The van der Waals surface area contributed by atoms with Crippen molar-refractivity contribution in [3.63, 3.8) is 0 Å². The number of nitrogens with one attached hydrogen (secondary N) is 1. The van der Waals surface area contributed by atoms with Crippen LogP contribution in [0.1, 0.15) is 64.9 Å². The first-order valence-electron chi connectivity index (χ1n) is 13.8. The molecule has 2 heterocycles. The maximum absolute atomic E-state index is 13.5. The van der Waals surface area contributed by atoms with Gasteiger partial charge in [0.15, 0.2) is 11.5 Å². The Bertz CT molecular complexity index is 1520. The highest BCUT2D eigenvalue weighted by molar-refractivity contribution is 9.10. The van der Waals surface area contributed by atoms with E-state index in [1.54, 1.807) is 30.9 Å². The van der Waals surface area contributed by atoms with E-state index in [2.05, 4.69) is 42.0 Å². The molecule has 8 heteroatoms. The largest absolute Gasteiger partial charge is 0.493 e. The molecule has 41 heavy (non-hydrogen) atoms. The highest BCUT2D eigenvalue weighted by Gasteiger charge is 2.33. The first-order valence-corrected chi connectivity index (χ1v) is 15.4. The van der Waals surface area contributed by atoms with Gasteiger partial charge in [-0.1, -0.05) is 48.8 Å². The molecule has 0 aliphatic heterocycles. The summed E-state index contributed by atoms with van der Waals surface area (Å²) >= 11 is 5.09. The molecule has 0 unspecified atom stereocenters. The van der Waals surface area contributed by atoms with Gasteiger partial charge in [-0.15, -0.1) is 11.3 Å². The van der Waals surface area contributed by atoms with Crippen LogP contribution in [0.3, 0.4) is 0 Å². The third-order valence-electron chi connectivity index (χ3n) is 7.53. The Morgan fingerprint density at radius 1 is 1.17 bits per heavy atom. The van der Waals surface area contributed by atoms with Gasteiger partial charge < -0.3 is 19.2 Å². The highest BCUT2D eigenvalue weighted by atomic mass is 79.9. The second-order valence-electron chi connectivity index (χ2n) is 11.3. The molecule has 214 valence electrons. The van der Waals surface area contributed by atoms with Crippen molar-refractivity contribution in [3.05, 3.63) is 98.2 Å². The van der Waals surface area contributed by atoms with Gasteiger partial charge in [0, 0.05) is 15.6 Å². The van der Waals surface area contributed by atoms with Gasteiger partial charge in [-0.25, -0.2) is 4.99 Å². The molecule has 0 spiro atoms. The van der Waals surface area contributed by atoms with Crippen LogP contribution in [0.15, 0.2) is 74.7 Å². The normalized spacial score (nSPS) is 15.1. The summed E-state index contributed by atoms with van der Waals surface area (Å²) in [4.78, 5) is 19.6. The van der Waals surface area contributed by atoms with Crippen LogP contribution in [-0.2, 0) is 26.0 Å². The van der Waals surface area contributed by atoms with E-state index in [1.165, 1.54) is 4.88 Å². The Labute approximate surface area is 253 Å². The summed E-state index contributed by atoms with van der Waals surface area (Å²) in [7, 11) is 1.63. The molecule has 4 aromatic rings. The molecule has 0 radical (unpaired) electrons. The number of methoxy groups -OCH3 is 1. The van der Waals surface area contributed by atoms with E-state index in [4.69, 9.17) is 18.9 Å². The Morgan fingerprint density at radius 3 is 2.68 bits per heavy atom. The van der Waals surface area contributed by atoms with Crippen LogP contribution in [0, 0.1) is 11.3 Å². The number of ether oxygens (including phenoxy) is 2. The van der Waals surface area contributed by atoms with Crippen molar-refractivity contribution in [2.45, 2.75) is 53.2 Å². The minimum absolute atomic E-state index is 0.116. The summed E-state index contributed by atoms with van der Waals surface area (Å²) in [5.74, 6) is 2.45. The molecule has 0 saturated carbocycles. The Morgan fingerprint density at radius 2 is 1.98 bits per heavy atom. The maximum atomic E-state index is 13.5. The number of hydrogen-bond donors (Lipinski definition) is 1. The van der Waals surface area contributed by atoms with E-state index >= 15 is 0 Å². The number of nitrogens with zero attached hydrogens (tertiary/aromatic N) is 1. The molecular weight excluding hydrogens is 600 g/mol. The van der Waals surface area contributed by atoms with Gasteiger partial charge in [-0.3, -0.25) is 4.79 Å². The summed E-state index contributed by atoms with van der Waals surface area (Å²) in [6.07, 6.45) is 6.32. The van der Waals surface area contributed by atoms with Crippen LogP contribution in [-0.4, -0.2) is 19.2 Å². The van der Waals surface area contributed by atoms with Gasteiger partial charge in [-0.05, 0) is 89.8 Å². The predicted molar refractivity (Wildman–Crippen MR) is 168 cm³/mol. The molecule has 1 aliphatic carbocycles. The van der Waals surface area contributed by atoms with E-state index in [1.807, 2.05) is 54.6 Å². The smallest absolute Gasteiger partial charge is 0.255 e. The van der Waals surface area contributed by atoms with Gasteiger partial charge in [0.05, 0.1) is 25.5 Å². The molecule has 2 aromatic carbocycles. The zero-order valence-electron chi connectivity index (χ0n) is 23.8. The lowest BCUT2D eigenvalue weighted by Gasteiger charge is -2.33. The van der Waals surface area contributed by atoms with Crippen molar-refractivity contribution in [2.24, 2.45) is 16.3 Å². The number of carbonyl (C=O) groups is 1. The van der Waals surface area contributed by atoms with Gasteiger partial charge >= 0.3 is 0 Å². The summed E-state index contributed by atoms with van der Waals surface area (Å²) in [5.41, 5.74) is 3.95. The number of aliphatic imine (C=N–C) groups is 1. The molecule has 1 N–H and O–H groups in total. The molecule has 0 saturated heterocycles. The molecule has 6 nitrogen and oxygen atoms in total. The van der Waals surface area contributed by atoms with Gasteiger partial charge in [0.2, 0.25) is 0 Å². The molecule has 1 aliphatic rings. The van der Waals surface area contributed by atoms with Gasteiger partial charge in [0.1, 0.15) is 17.4 Å². The van der Waals surface area contributed by atoms with Crippen molar-refractivity contribution in [1.82, 2.24) is 5.32 Å². The predicted octanol–water partition coefficient (Wildman–Crippen LogP) is 8.52. The number of amides is 1. The Hall–Kier alpha value is -3.36. The number of furan rings is 1. The fourth-order valence-corrected chi connectivity index (χ4v) is 6.60. The average Bonchev–Trinajstić information content (AvgIpc) is 3.61. The van der Waals surface area contributed by atoms with Crippen LogP contribution in [0.5, 0.6) is 11.5 Å². The third kappa shape index (κ3) is 7.11. The number of carbonyl (C=O) groups excluding carboxylic acids is 1. The van der Waals surface area contributed by atoms with Crippen LogP contribution < -0.4 is 14.8 Å². The molecule has 1 atom stereocenters. The molecule has 2 aromatic heterocycles. The van der Waals surface area contributed by atoms with E-state index in [0.717, 1.165) is 51.2 Å². The number of benzene rings is 2. The number of fused-ring (bicyclic) bond motifs is 1. The molecule has 1 amide bonds. The Balaban J connectivity index is 1.38. The van der Waals surface area contributed by atoms with E-state index in [9.17, 15) is 4.79 Å². The average molecular weight is 636 g/mol. The van der Waals surface area contributed by atoms with Gasteiger partial charge in [-0.2, -0.15) is 0 Å². The van der Waals surface area contributed by atoms with Crippen LogP contribution >= 0.6 is 27.3 Å². The second-order valence-corrected chi connectivity index (χ2v) is 13.3. The zero-order valence-corrected chi connectivity index (χ0v) is 26.2. The minimum Gasteiger partial charge on any atom is -0.493 e. The van der Waals surface area contributed by atoms with E-state index in [-0.39, 0.29) is 11.3 Å². The lowest BCUT2D eigenvalue weighted by atomic mass is 9.72. The topological polar surface area (TPSA) is 73.1 Å². The Kier molecular flexibility index (Phi) is 9.00. The van der Waals surface area contributed by atoms with Crippen molar-refractivity contribution < 1.29 is 18.7 Å². The number of hydrogen-bond acceptors (Lipinski definition) is 6. The van der Waals surface area contributed by atoms with Crippen LogP contribution in [0.4, 0.5) is 5.00 Å². The monoisotopic (exact) mass is 634 g/mol. The van der Waals surface area contributed by atoms with Crippen molar-refractivity contribution in [3.8, 4) is 11.5 Å². The minimum atomic E-state index is -0.116. The SMILES string of the molecule is COc1cc(C=Nc2sc3c(c2C(=O)NCc2ccco2)CC[C@H](C(C)(C)C)C3)ccc1OCc1ccc(Br)cc1. The van der Waals surface area contributed by atoms with Gasteiger partial charge in [0.25, 0.3) is 5.91 Å². The third-order valence-corrected chi connectivity index (χ3v) is 9.22. The molecule has 0 bridgehead atoms. The lowest BCUT2D eigenvalue weighted by molar-refractivity contribution is 0.0947. The van der Waals surface area contributed by atoms with Crippen molar-refractivity contribution >= 4 is 44.4 Å². The number of thiophene rings is 1. The fraction of sp³-hybridized carbons (Fsp3) is 0.333. The summed E-state index contributed by atoms with van der Waals surface area (Å²) < 4.78 is 18.1. The number of halogens is 1. The standard InChI is InChI=1S/C33H35BrN2O4S/c1-33(2,3)23-10-13-26-29(17-23)41-32(30(26)31(37)35-19-25-6-5-15-39-25)36-18-22-9-14-27(28(16-22)38-4)40-20-21-7-11-24(34)12-8-21/h5-9,11-12,14-16,18,23H,10,13,17,19-20H2,1-4H3,(H,35,37)/t23-/m0/s1. The molecule has 0 fully saturated rings.